The molecule has 0 saturated heterocycles. The van der Waals surface area contributed by atoms with Crippen molar-refractivity contribution < 1.29 is 28.2 Å². The number of hydrogen-bond acceptors (Lipinski definition) is 3. The van der Waals surface area contributed by atoms with Crippen LogP contribution in [-0.4, -0.2) is 22.7 Å². The van der Waals surface area contributed by atoms with Crippen LogP contribution in [0.2, 0.25) is 0 Å². The molecule has 0 aliphatic carbocycles. The van der Waals surface area contributed by atoms with E-state index in [0.717, 1.165) is 12.1 Å². The molecule has 1 atom stereocenters. The molecule has 0 aliphatic heterocycles. The van der Waals surface area contributed by atoms with Crippen LogP contribution < -0.4 is 5.32 Å². The molecule has 0 bridgehead atoms. The molecule has 7 heteroatoms. The van der Waals surface area contributed by atoms with E-state index in [9.17, 15) is 23.1 Å². The molecule has 0 saturated carbocycles. The minimum atomic E-state index is -4.47. The van der Waals surface area contributed by atoms with Gasteiger partial charge in [0.05, 0.1) is 17.2 Å². The van der Waals surface area contributed by atoms with Crippen LogP contribution in [0.4, 0.5) is 13.2 Å². The molecule has 2 rings (SSSR count). The minimum absolute atomic E-state index is 0.00470. The summed E-state index contributed by atoms with van der Waals surface area (Å²) in [5.41, 5.74) is -0.0149. The molecule has 2 aromatic carbocycles. The predicted molar refractivity (Wildman–Crippen MR) is 81.5 cm³/mol. The van der Waals surface area contributed by atoms with Crippen molar-refractivity contribution in [1.29, 1.82) is 0 Å². The van der Waals surface area contributed by atoms with Gasteiger partial charge in [-0.1, -0.05) is 30.3 Å². The number of rotatable bonds is 6. The highest BCUT2D eigenvalue weighted by Gasteiger charge is 2.30. The topological polar surface area (TPSA) is 69.6 Å². The lowest BCUT2D eigenvalue weighted by Gasteiger charge is -2.15. The van der Waals surface area contributed by atoms with Crippen molar-refractivity contribution in [2.45, 2.75) is 18.8 Å². The second-order valence-corrected chi connectivity index (χ2v) is 5.23. The van der Waals surface area contributed by atoms with E-state index in [0.29, 0.717) is 5.56 Å². The van der Waals surface area contributed by atoms with E-state index < -0.39 is 23.8 Å². The van der Waals surface area contributed by atoms with E-state index in [2.05, 4.69) is 5.32 Å². The third kappa shape index (κ3) is 4.56. The van der Waals surface area contributed by atoms with Crippen molar-refractivity contribution in [3.05, 3.63) is 70.8 Å². The number of aromatic carboxylic acids is 1. The van der Waals surface area contributed by atoms with Gasteiger partial charge in [-0.25, -0.2) is 4.79 Å². The third-order valence-electron chi connectivity index (χ3n) is 3.50. The first kappa shape index (κ1) is 18.0. The van der Waals surface area contributed by atoms with Gasteiger partial charge in [-0.05, 0) is 29.3 Å². The number of nitrogens with one attached hydrogen (secondary N) is 1. The highest BCUT2D eigenvalue weighted by Crippen LogP contribution is 2.30. The Hall–Kier alpha value is -2.38. The summed E-state index contributed by atoms with van der Waals surface area (Å²) in [6, 6.07) is 10.9. The van der Waals surface area contributed by atoms with E-state index in [1.807, 2.05) is 0 Å². The fourth-order valence-corrected chi connectivity index (χ4v) is 2.27. The molecule has 128 valence electrons. The quantitative estimate of drug-likeness (QED) is 0.756. The van der Waals surface area contributed by atoms with Crippen LogP contribution in [0.25, 0.3) is 0 Å². The number of carbonyl (C=O) groups is 1. The predicted octanol–water partition coefficient (Wildman–Crippen LogP) is 3.23. The first-order valence-electron chi connectivity index (χ1n) is 7.16. The maximum absolute atomic E-state index is 12.7. The third-order valence-corrected chi connectivity index (χ3v) is 3.50. The Bertz CT molecular complexity index is 716. The lowest BCUT2D eigenvalue weighted by Crippen LogP contribution is -2.22. The molecule has 0 aliphatic rings. The molecule has 2 aromatic rings. The number of aliphatic hydroxyl groups is 1. The maximum atomic E-state index is 12.7. The number of benzene rings is 2. The molecule has 3 N–H and O–H groups in total. The Morgan fingerprint density at radius 3 is 2.50 bits per heavy atom. The van der Waals surface area contributed by atoms with Crippen LogP contribution in [0.1, 0.15) is 33.2 Å². The monoisotopic (exact) mass is 339 g/mol. The average Bonchev–Trinajstić information content (AvgIpc) is 2.54. The lowest BCUT2D eigenvalue weighted by atomic mass is 10.0. The summed E-state index contributed by atoms with van der Waals surface area (Å²) in [5, 5.41) is 22.0. The molecule has 0 aromatic heterocycles. The van der Waals surface area contributed by atoms with Gasteiger partial charge in [0.2, 0.25) is 0 Å². The summed E-state index contributed by atoms with van der Waals surface area (Å²) in [6.45, 7) is 0.174. The highest BCUT2D eigenvalue weighted by molar-refractivity contribution is 5.89. The van der Waals surface area contributed by atoms with Crippen molar-refractivity contribution in [2.75, 3.05) is 6.54 Å². The zero-order valence-corrected chi connectivity index (χ0v) is 12.5. The number of halogens is 3. The number of hydrogen-bond donors (Lipinski definition) is 3. The molecule has 0 radical (unpaired) electrons. The van der Waals surface area contributed by atoms with Gasteiger partial charge in [0.1, 0.15) is 0 Å². The van der Waals surface area contributed by atoms with E-state index in [1.165, 1.54) is 18.2 Å². The molecule has 24 heavy (non-hydrogen) atoms. The number of alkyl halides is 3. The smallest absolute Gasteiger partial charge is 0.416 e. The summed E-state index contributed by atoms with van der Waals surface area (Å²) < 4.78 is 38.0. The molecule has 0 heterocycles. The van der Waals surface area contributed by atoms with Crippen molar-refractivity contribution in [2.24, 2.45) is 0 Å². The SMILES string of the molecule is O=C(O)c1ccccc1CNC[C@H](O)c1cccc(C(F)(F)F)c1. The second kappa shape index (κ2) is 7.46. The number of carboxylic acid groups (broad SMARTS) is 1. The minimum Gasteiger partial charge on any atom is -0.478 e. The van der Waals surface area contributed by atoms with Crippen LogP contribution in [0.5, 0.6) is 0 Å². The first-order valence-corrected chi connectivity index (χ1v) is 7.16. The standard InChI is InChI=1S/C17H16F3NO3/c18-17(19,20)13-6-3-5-11(8-13)15(22)10-21-9-12-4-1-2-7-14(12)16(23)24/h1-8,15,21-22H,9-10H2,(H,23,24)/t15-/m0/s1. The van der Waals surface area contributed by atoms with Crippen molar-refractivity contribution in [1.82, 2.24) is 5.32 Å². The molecule has 4 nitrogen and oxygen atoms in total. The van der Waals surface area contributed by atoms with Gasteiger partial charge in [0, 0.05) is 13.1 Å². The van der Waals surface area contributed by atoms with Crippen LogP contribution in [0.3, 0.4) is 0 Å². The number of aliphatic hydroxyl groups excluding tert-OH is 1. The summed E-state index contributed by atoms with van der Waals surface area (Å²) >= 11 is 0. The Kier molecular flexibility index (Phi) is 5.58. The maximum Gasteiger partial charge on any atom is 0.416 e. The summed E-state index contributed by atoms with van der Waals surface area (Å²) in [6.07, 6.45) is -5.60. The molecule has 0 fully saturated rings. The van der Waals surface area contributed by atoms with Gasteiger partial charge in [-0.3, -0.25) is 0 Å². The van der Waals surface area contributed by atoms with E-state index >= 15 is 0 Å². The Balaban J connectivity index is 1.99. The molecule has 0 spiro atoms. The zero-order chi connectivity index (χ0) is 17.7. The first-order chi connectivity index (χ1) is 11.3. The van der Waals surface area contributed by atoms with Gasteiger partial charge in [0.25, 0.3) is 0 Å². The summed E-state index contributed by atoms with van der Waals surface area (Å²) in [4.78, 5) is 11.1. The average molecular weight is 339 g/mol. The summed E-state index contributed by atoms with van der Waals surface area (Å²) in [7, 11) is 0. The van der Waals surface area contributed by atoms with Crippen molar-refractivity contribution in [3.8, 4) is 0 Å². The Morgan fingerprint density at radius 2 is 1.83 bits per heavy atom. The normalized spacial score (nSPS) is 12.8. The zero-order valence-electron chi connectivity index (χ0n) is 12.5. The van der Waals surface area contributed by atoms with Crippen LogP contribution >= 0.6 is 0 Å². The van der Waals surface area contributed by atoms with Crippen molar-refractivity contribution in [3.63, 3.8) is 0 Å². The van der Waals surface area contributed by atoms with Gasteiger partial charge in [-0.2, -0.15) is 13.2 Å². The molecular weight excluding hydrogens is 323 g/mol. The van der Waals surface area contributed by atoms with Crippen molar-refractivity contribution >= 4 is 5.97 Å². The molecule has 0 amide bonds. The van der Waals surface area contributed by atoms with Crippen LogP contribution in [0.15, 0.2) is 48.5 Å². The Labute approximate surface area is 136 Å². The van der Waals surface area contributed by atoms with Crippen LogP contribution in [0, 0.1) is 0 Å². The van der Waals surface area contributed by atoms with E-state index in [-0.39, 0.29) is 24.2 Å². The van der Waals surface area contributed by atoms with E-state index in [4.69, 9.17) is 5.11 Å². The van der Waals surface area contributed by atoms with Gasteiger partial charge in [-0.15, -0.1) is 0 Å². The largest absolute Gasteiger partial charge is 0.478 e. The Morgan fingerprint density at radius 1 is 1.12 bits per heavy atom. The highest BCUT2D eigenvalue weighted by atomic mass is 19.4. The van der Waals surface area contributed by atoms with E-state index in [1.54, 1.807) is 18.2 Å². The number of carboxylic acids is 1. The summed E-state index contributed by atoms with van der Waals surface area (Å²) in [5.74, 6) is -1.06. The fraction of sp³-hybridized carbons (Fsp3) is 0.235. The van der Waals surface area contributed by atoms with Gasteiger partial charge in [0.15, 0.2) is 0 Å². The lowest BCUT2D eigenvalue weighted by molar-refractivity contribution is -0.137. The van der Waals surface area contributed by atoms with Crippen LogP contribution in [-0.2, 0) is 12.7 Å². The molecular formula is C17H16F3NO3. The van der Waals surface area contributed by atoms with Gasteiger partial charge < -0.3 is 15.5 Å². The fourth-order valence-electron chi connectivity index (χ4n) is 2.27. The second-order valence-electron chi connectivity index (χ2n) is 5.23. The van der Waals surface area contributed by atoms with Gasteiger partial charge >= 0.3 is 12.1 Å². The molecule has 0 unspecified atom stereocenters.